The number of rotatable bonds is 5. The molecule has 1 fully saturated rings. The van der Waals surface area contributed by atoms with Crippen LogP contribution in [0.15, 0.2) is 36.4 Å². The van der Waals surface area contributed by atoms with Crippen LogP contribution in [0.5, 0.6) is 0 Å². The van der Waals surface area contributed by atoms with Gasteiger partial charge in [0, 0.05) is 13.0 Å². The van der Waals surface area contributed by atoms with Crippen LogP contribution in [-0.4, -0.2) is 38.4 Å². The monoisotopic (exact) mass is 261 g/mol. The summed E-state index contributed by atoms with van der Waals surface area (Å²) in [7, 11) is 1.40. The lowest BCUT2D eigenvalue weighted by atomic mass is 10.2. The molecule has 2 atom stereocenters. The molecule has 0 radical (unpaired) electrons. The molecule has 102 valence electrons. The molecule has 0 aliphatic carbocycles. The number of carbonyl (C=O) groups is 1. The van der Waals surface area contributed by atoms with Crippen molar-refractivity contribution in [3.63, 3.8) is 0 Å². The molecule has 0 unspecified atom stereocenters. The number of methoxy groups -OCH3 is 1. The normalized spacial score (nSPS) is 22.8. The molecule has 19 heavy (non-hydrogen) atoms. The van der Waals surface area contributed by atoms with E-state index in [1.54, 1.807) is 0 Å². The van der Waals surface area contributed by atoms with Gasteiger partial charge in [-0.2, -0.15) is 0 Å². The summed E-state index contributed by atoms with van der Waals surface area (Å²) in [5.74, 6) is -0.217. The van der Waals surface area contributed by atoms with Gasteiger partial charge in [-0.05, 0) is 5.56 Å². The van der Waals surface area contributed by atoms with Crippen LogP contribution in [0, 0.1) is 0 Å². The molecular formula is C15H19NO3. The number of carbonyl (C=O) groups excluding carboxylic acids is 1. The van der Waals surface area contributed by atoms with Crippen molar-refractivity contribution in [3.8, 4) is 0 Å². The molecule has 0 aromatic heterocycles. The number of hydrogen-bond donors (Lipinski definition) is 1. The van der Waals surface area contributed by atoms with E-state index in [-0.39, 0.29) is 18.1 Å². The smallest absolute Gasteiger partial charge is 0.322 e. The summed E-state index contributed by atoms with van der Waals surface area (Å²) < 4.78 is 10.4. The number of ether oxygens (including phenoxy) is 2. The average Bonchev–Trinajstić information content (AvgIpc) is 2.93. The van der Waals surface area contributed by atoms with E-state index in [9.17, 15) is 4.79 Å². The van der Waals surface area contributed by atoms with Gasteiger partial charge in [0.15, 0.2) is 0 Å². The van der Waals surface area contributed by atoms with E-state index in [2.05, 4.69) is 5.32 Å². The third kappa shape index (κ3) is 4.19. The molecule has 0 bridgehead atoms. The maximum Gasteiger partial charge on any atom is 0.322 e. The van der Waals surface area contributed by atoms with Crippen molar-refractivity contribution in [3.05, 3.63) is 42.0 Å². The van der Waals surface area contributed by atoms with Crippen molar-refractivity contribution < 1.29 is 14.3 Å². The van der Waals surface area contributed by atoms with E-state index in [4.69, 9.17) is 9.47 Å². The molecule has 1 aromatic rings. The summed E-state index contributed by atoms with van der Waals surface area (Å²) in [6.45, 7) is 1.24. The Labute approximate surface area is 113 Å². The molecule has 1 aliphatic rings. The van der Waals surface area contributed by atoms with Crippen LogP contribution in [0.2, 0.25) is 0 Å². The zero-order chi connectivity index (χ0) is 13.5. The van der Waals surface area contributed by atoms with Crippen LogP contribution < -0.4 is 5.32 Å². The maximum atomic E-state index is 11.3. The summed E-state index contributed by atoms with van der Waals surface area (Å²) in [6, 6.07) is 9.85. The van der Waals surface area contributed by atoms with Gasteiger partial charge in [-0.1, -0.05) is 42.5 Å². The molecular weight excluding hydrogens is 242 g/mol. The van der Waals surface area contributed by atoms with Crippen LogP contribution in [0.1, 0.15) is 12.0 Å². The first-order valence-corrected chi connectivity index (χ1v) is 6.44. The third-order valence-corrected chi connectivity index (χ3v) is 3.11. The molecule has 0 amide bonds. The van der Waals surface area contributed by atoms with Gasteiger partial charge in [0.1, 0.15) is 6.04 Å². The summed E-state index contributed by atoms with van der Waals surface area (Å²) in [5, 5.41) is 3.09. The fourth-order valence-electron chi connectivity index (χ4n) is 2.09. The molecule has 4 nitrogen and oxygen atoms in total. The van der Waals surface area contributed by atoms with Crippen LogP contribution >= 0.6 is 0 Å². The Morgan fingerprint density at radius 1 is 1.42 bits per heavy atom. The standard InChI is InChI=1S/C15H19NO3/c1-18-15(17)14-10-13(11-16-14)19-9-5-8-12-6-3-2-4-7-12/h2-8,13-14,16H,9-11H2,1H3/t13-,14-/m0/s1. The molecule has 2 rings (SSSR count). The highest BCUT2D eigenvalue weighted by atomic mass is 16.5. The molecule has 4 heteroatoms. The maximum absolute atomic E-state index is 11.3. The first-order valence-electron chi connectivity index (χ1n) is 6.44. The molecule has 1 saturated heterocycles. The van der Waals surface area contributed by atoms with Gasteiger partial charge >= 0.3 is 5.97 Å². The Hall–Kier alpha value is -1.65. The molecule has 1 aliphatic heterocycles. The van der Waals surface area contributed by atoms with Crippen LogP contribution in [0.4, 0.5) is 0 Å². The van der Waals surface area contributed by atoms with Crippen molar-refractivity contribution in [2.75, 3.05) is 20.3 Å². The van der Waals surface area contributed by atoms with E-state index in [1.807, 2.05) is 42.5 Å². The van der Waals surface area contributed by atoms with E-state index in [1.165, 1.54) is 7.11 Å². The second kappa shape index (κ2) is 7.07. The molecule has 0 spiro atoms. The fraction of sp³-hybridized carbons (Fsp3) is 0.400. The summed E-state index contributed by atoms with van der Waals surface area (Å²) in [5.41, 5.74) is 1.16. The van der Waals surface area contributed by atoms with Crippen molar-refractivity contribution in [1.82, 2.24) is 5.32 Å². The van der Waals surface area contributed by atoms with Crippen molar-refractivity contribution >= 4 is 12.0 Å². The first-order chi connectivity index (χ1) is 9.29. The van der Waals surface area contributed by atoms with Gasteiger partial charge in [-0.25, -0.2) is 0 Å². The van der Waals surface area contributed by atoms with E-state index in [0.29, 0.717) is 19.6 Å². The van der Waals surface area contributed by atoms with Gasteiger partial charge in [0.25, 0.3) is 0 Å². The van der Waals surface area contributed by atoms with Gasteiger partial charge < -0.3 is 14.8 Å². The average molecular weight is 261 g/mol. The van der Waals surface area contributed by atoms with E-state index < -0.39 is 0 Å². The largest absolute Gasteiger partial charge is 0.468 e. The second-order valence-electron chi connectivity index (χ2n) is 4.49. The SMILES string of the molecule is COC(=O)[C@@H]1C[C@H](OCC=Cc2ccccc2)CN1. The zero-order valence-electron chi connectivity index (χ0n) is 11.0. The summed E-state index contributed by atoms with van der Waals surface area (Å²) in [4.78, 5) is 11.3. The van der Waals surface area contributed by atoms with Crippen molar-refractivity contribution in [1.29, 1.82) is 0 Å². The zero-order valence-corrected chi connectivity index (χ0v) is 11.0. The Morgan fingerprint density at radius 2 is 2.21 bits per heavy atom. The number of esters is 1. The Balaban J connectivity index is 1.70. The summed E-state index contributed by atoms with van der Waals surface area (Å²) in [6.07, 6.45) is 4.76. The van der Waals surface area contributed by atoms with Gasteiger partial charge in [-0.15, -0.1) is 0 Å². The molecule has 0 saturated carbocycles. The fourth-order valence-corrected chi connectivity index (χ4v) is 2.09. The Kier molecular flexibility index (Phi) is 5.12. The minimum Gasteiger partial charge on any atom is -0.468 e. The highest BCUT2D eigenvalue weighted by Gasteiger charge is 2.30. The first kappa shape index (κ1) is 13.8. The van der Waals surface area contributed by atoms with Crippen molar-refractivity contribution in [2.45, 2.75) is 18.6 Å². The number of nitrogens with one attached hydrogen (secondary N) is 1. The van der Waals surface area contributed by atoms with Crippen LogP contribution in [0.3, 0.4) is 0 Å². The van der Waals surface area contributed by atoms with Gasteiger partial charge in [-0.3, -0.25) is 4.79 Å². The minimum absolute atomic E-state index is 0.0736. The number of benzene rings is 1. The Morgan fingerprint density at radius 3 is 2.95 bits per heavy atom. The van der Waals surface area contributed by atoms with E-state index >= 15 is 0 Å². The van der Waals surface area contributed by atoms with Gasteiger partial charge in [0.2, 0.25) is 0 Å². The van der Waals surface area contributed by atoms with Crippen LogP contribution in [-0.2, 0) is 14.3 Å². The lowest BCUT2D eigenvalue weighted by molar-refractivity contribution is -0.142. The lowest BCUT2D eigenvalue weighted by Gasteiger charge is -2.08. The van der Waals surface area contributed by atoms with Gasteiger partial charge in [0.05, 0.1) is 19.8 Å². The molecule has 1 N–H and O–H groups in total. The summed E-state index contributed by atoms with van der Waals surface area (Å²) >= 11 is 0. The highest BCUT2D eigenvalue weighted by Crippen LogP contribution is 2.11. The topological polar surface area (TPSA) is 47.6 Å². The second-order valence-corrected chi connectivity index (χ2v) is 4.49. The third-order valence-electron chi connectivity index (χ3n) is 3.11. The number of hydrogen-bond acceptors (Lipinski definition) is 4. The predicted octanol–water partition coefficient (Wildman–Crippen LogP) is 1.62. The van der Waals surface area contributed by atoms with Crippen LogP contribution in [0.25, 0.3) is 6.08 Å². The highest BCUT2D eigenvalue weighted by molar-refractivity contribution is 5.76. The quantitative estimate of drug-likeness (QED) is 0.818. The van der Waals surface area contributed by atoms with E-state index in [0.717, 1.165) is 5.56 Å². The lowest BCUT2D eigenvalue weighted by Crippen LogP contribution is -2.31. The molecule has 1 heterocycles. The minimum atomic E-state index is -0.229. The molecule has 1 aromatic carbocycles. The predicted molar refractivity (Wildman–Crippen MR) is 73.6 cm³/mol. The van der Waals surface area contributed by atoms with Crippen molar-refractivity contribution in [2.24, 2.45) is 0 Å². The Bertz CT molecular complexity index is 430.